The number of rotatable bonds is 5. The number of benzene rings is 2. The Balaban J connectivity index is 2.36. The fourth-order valence-corrected chi connectivity index (χ4v) is 2.73. The van der Waals surface area contributed by atoms with Crippen molar-refractivity contribution < 1.29 is 9.22 Å². The Kier molecular flexibility index (Phi) is 4.74. The van der Waals surface area contributed by atoms with Crippen molar-refractivity contribution in [2.45, 2.75) is 25.2 Å². The molecule has 0 radical (unpaired) electrons. The van der Waals surface area contributed by atoms with E-state index in [-0.39, 0.29) is 11.4 Å². The van der Waals surface area contributed by atoms with Crippen LogP contribution in [0.4, 0.5) is 0 Å². The highest BCUT2D eigenvalue weighted by Crippen LogP contribution is 2.36. The van der Waals surface area contributed by atoms with Gasteiger partial charge in [-0.15, -0.1) is 0 Å². The van der Waals surface area contributed by atoms with Gasteiger partial charge in [0.25, 0.3) is 5.97 Å². The Bertz CT molecular complexity index is 512. The van der Waals surface area contributed by atoms with Crippen LogP contribution in [0, 0.1) is 0 Å². The molecular formula is C17H20O2Si. The maximum absolute atomic E-state index is 11.5. The van der Waals surface area contributed by atoms with Crippen LogP contribution in [0.1, 0.15) is 30.9 Å². The number of carbonyl (C=O) groups is 1. The zero-order valence-electron chi connectivity index (χ0n) is 12.0. The zero-order valence-corrected chi connectivity index (χ0v) is 14.0. The summed E-state index contributed by atoms with van der Waals surface area (Å²) in [6.07, 6.45) is 1.20. The highest BCUT2D eigenvalue weighted by Gasteiger charge is 2.29. The molecule has 0 saturated carbocycles. The molecule has 20 heavy (non-hydrogen) atoms. The molecule has 0 saturated heterocycles. The summed E-state index contributed by atoms with van der Waals surface area (Å²) in [4.78, 5) is 11.5. The summed E-state index contributed by atoms with van der Waals surface area (Å²) in [5.41, 5.74) is 2.29. The number of hydrogen-bond acceptors (Lipinski definition) is 2. The normalized spacial score (nSPS) is 11.2. The lowest BCUT2D eigenvalue weighted by atomic mass is 9.73. The van der Waals surface area contributed by atoms with E-state index in [9.17, 15) is 4.79 Å². The molecule has 2 rings (SSSR count). The van der Waals surface area contributed by atoms with Crippen LogP contribution in [-0.4, -0.2) is 16.5 Å². The van der Waals surface area contributed by atoms with Crippen molar-refractivity contribution >= 4 is 16.5 Å². The molecule has 0 aliphatic carbocycles. The van der Waals surface area contributed by atoms with Gasteiger partial charge in [-0.2, -0.15) is 0 Å². The molecule has 0 aromatic heterocycles. The molecule has 0 bridgehead atoms. The van der Waals surface area contributed by atoms with Gasteiger partial charge < -0.3 is 4.43 Å². The SMILES string of the molecule is CC(CCC(=O)O[SiH3])(c1ccccc1)c1ccccc1. The van der Waals surface area contributed by atoms with Crippen LogP contribution in [0.5, 0.6) is 0 Å². The summed E-state index contributed by atoms with van der Waals surface area (Å²) >= 11 is 0. The van der Waals surface area contributed by atoms with Gasteiger partial charge >= 0.3 is 0 Å². The Hall–Kier alpha value is -1.87. The van der Waals surface area contributed by atoms with Crippen molar-refractivity contribution in [3.8, 4) is 0 Å². The molecule has 0 heterocycles. The third-order valence-corrected chi connectivity index (χ3v) is 4.33. The quantitative estimate of drug-likeness (QED) is 0.789. The molecule has 0 aliphatic rings. The summed E-state index contributed by atoms with van der Waals surface area (Å²) in [6, 6.07) is 20.7. The summed E-state index contributed by atoms with van der Waals surface area (Å²) in [6.45, 7) is 2.19. The molecule has 104 valence electrons. The van der Waals surface area contributed by atoms with Gasteiger partial charge in [-0.3, -0.25) is 4.79 Å². The van der Waals surface area contributed by atoms with Crippen LogP contribution in [0.2, 0.25) is 0 Å². The Morgan fingerprint density at radius 1 is 1.00 bits per heavy atom. The molecule has 0 aliphatic heterocycles. The summed E-state index contributed by atoms with van der Waals surface area (Å²) in [5, 5.41) is 0. The zero-order chi connectivity index (χ0) is 14.4. The topological polar surface area (TPSA) is 26.3 Å². The second-order valence-electron chi connectivity index (χ2n) is 5.14. The van der Waals surface area contributed by atoms with E-state index in [1.54, 1.807) is 0 Å². The molecule has 0 fully saturated rings. The van der Waals surface area contributed by atoms with Gasteiger partial charge in [-0.1, -0.05) is 67.6 Å². The first kappa shape index (κ1) is 14.5. The van der Waals surface area contributed by atoms with E-state index >= 15 is 0 Å². The average molecular weight is 284 g/mol. The van der Waals surface area contributed by atoms with Crippen molar-refractivity contribution in [3.63, 3.8) is 0 Å². The predicted octanol–water partition coefficient (Wildman–Crippen LogP) is 2.60. The Morgan fingerprint density at radius 2 is 1.45 bits per heavy atom. The van der Waals surface area contributed by atoms with Gasteiger partial charge in [-0.05, 0) is 17.5 Å². The second kappa shape index (κ2) is 6.53. The van der Waals surface area contributed by atoms with Crippen LogP contribution in [0.25, 0.3) is 0 Å². The maximum Gasteiger partial charge on any atom is 0.291 e. The van der Waals surface area contributed by atoms with E-state index in [4.69, 9.17) is 4.43 Å². The number of hydrogen-bond donors (Lipinski definition) is 0. The standard InChI is InChI=1S/C17H20O2Si/c1-17(13-12-16(18)19-20,14-8-4-2-5-9-14)15-10-6-3-7-11-15/h2-11H,12-13H2,1,20H3. The third kappa shape index (κ3) is 3.17. The van der Waals surface area contributed by atoms with Crippen molar-refractivity contribution in [1.82, 2.24) is 0 Å². The van der Waals surface area contributed by atoms with Gasteiger partial charge in [0.05, 0.1) is 0 Å². The van der Waals surface area contributed by atoms with Gasteiger partial charge in [0.15, 0.2) is 0 Å². The van der Waals surface area contributed by atoms with Crippen LogP contribution >= 0.6 is 0 Å². The van der Waals surface area contributed by atoms with Gasteiger partial charge in [0.2, 0.25) is 10.5 Å². The summed E-state index contributed by atoms with van der Waals surface area (Å²) < 4.78 is 4.92. The Morgan fingerprint density at radius 3 is 1.85 bits per heavy atom. The Labute approximate surface area is 123 Å². The first-order valence-corrected chi connectivity index (χ1v) is 7.66. The van der Waals surface area contributed by atoms with Crippen molar-refractivity contribution in [3.05, 3.63) is 71.8 Å². The summed E-state index contributed by atoms with van der Waals surface area (Å²) in [5.74, 6) is -0.102. The van der Waals surface area contributed by atoms with E-state index < -0.39 is 0 Å². The van der Waals surface area contributed by atoms with E-state index in [0.717, 1.165) is 6.42 Å². The van der Waals surface area contributed by atoms with Crippen molar-refractivity contribution in [2.24, 2.45) is 0 Å². The molecular weight excluding hydrogens is 264 g/mol. The largest absolute Gasteiger partial charge is 0.529 e. The minimum atomic E-state index is -0.168. The molecule has 0 unspecified atom stereocenters. The fourth-order valence-electron chi connectivity index (χ4n) is 2.52. The third-order valence-electron chi connectivity index (χ3n) is 3.88. The lowest BCUT2D eigenvalue weighted by Crippen LogP contribution is -2.25. The predicted molar refractivity (Wildman–Crippen MR) is 84.6 cm³/mol. The van der Waals surface area contributed by atoms with Crippen LogP contribution < -0.4 is 0 Å². The lowest BCUT2D eigenvalue weighted by Gasteiger charge is -2.31. The number of carbonyl (C=O) groups excluding carboxylic acids is 1. The highest BCUT2D eigenvalue weighted by atomic mass is 28.2. The van der Waals surface area contributed by atoms with Crippen molar-refractivity contribution in [2.75, 3.05) is 0 Å². The van der Waals surface area contributed by atoms with Gasteiger partial charge in [-0.25, -0.2) is 0 Å². The van der Waals surface area contributed by atoms with Gasteiger partial charge in [0.1, 0.15) is 0 Å². The molecule has 2 nitrogen and oxygen atoms in total. The van der Waals surface area contributed by atoms with Crippen LogP contribution in [-0.2, 0) is 14.6 Å². The first-order valence-electron chi connectivity index (χ1n) is 6.84. The maximum atomic E-state index is 11.5. The monoisotopic (exact) mass is 284 g/mol. The van der Waals surface area contributed by atoms with Crippen molar-refractivity contribution in [1.29, 1.82) is 0 Å². The van der Waals surface area contributed by atoms with Gasteiger partial charge in [0, 0.05) is 11.8 Å². The van der Waals surface area contributed by atoms with Crippen LogP contribution in [0.15, 0.2) is 60.7 Å². The first-order chi connectivity index (χ1) is 9.66. The van der Waals surface area contributed by atoms with Crippen LogP contribution in [0.3, 0.4) is 0 Å². The molecule has 0 spiro atoms. The van der Waals surface area contributed by atoms with E-state index in [2.05, 4.69) is 31.2 Å². The van der Waals surface area contributed by atoms with E-state index in [1.807, 2.05) is 36.4 Å². The van der Waals surface area contributed by atoms with E-state index in [1.165, 1.54) is 11.1 Å². The molecule has 2 aromatic carbocycles. The lowest BCUT2D eigenvalue weighted by molar-refractivity contribution is -0.134. The molecule has 0 amide bonds. The minimum absolute atomic E-state index is 0.102. The van der Waals surface area contributed by atoms with E-state index in [0.29, 0.717) is 16.9 Å². The molecule has 2 aromatic rings. The molecule has 0 N–H and O–H groups in total. The fraction of sp³-hybridized carbons (Fsp3) is 0.235. The summed E-state index contributed by atoms with van der Waals surface area (Å²) in [7, 11) is 0.465. The molecule has 3 heteroatoms. The second-order valence-corrected chi connectivity index (χ2v) is 5.55. The highest BCUT2D eigenvalue weighted by molar-refractivity contribution is 6.05. The molecule has 0 atom stereocenters. The minimum Gasteiger partial charge on any atom is -0.529 e. The average Bonchev–Trinajstić information content (AvgIpc) is 2.54. The smallest absolute Gasteiger partial charge is 0.291 e.